The number of anilines is 3. The van der Waals surface area contributed by atoms with Gasteiger partial charge in [-0.25, -0.2) is 4.98 Å². The first-order valence-corrected chi connectivity index (χ1v) is 12.5. The lowest BCUT2D eigenvalue weighted by Gasteiger charge is -2.33. The highest BCUT2D eigenvalue weighted by atomic mass is 35.5. The van der Waals surface area contributed by atoms with Crippen LogP contribution in [0.4, 0.5) is 17.2 Å². The number of aromatic nitrogens is 1. The number of fused-ring (bicyclic) bond motifs is 1. The van der Waals surface area contributed by atoms with E-state index in [0.29, 0.717) is 39.8 Å². The highest BCUT2D eigenvalue weighted by molar-refractivity contribution is 6.30. The molecule has 4 aromatic rings. The van der Waals surface area contributed by atoms with Crippen molar-refractivity contribution in [3.05, 3.63) is 83.7 Å². The molecule has 0 unspecified atom stereocenters. The molecule has 0 aliphatic carbocycles. The third-order valence-electron chi connectivity index (χ3n) is 6.55. The largest absolute Gasteiger partial charge is 0.449 e. The number of halogens is 1. The summed E-state index contributed by atoms with van der Waals surface area (Å²) in [5.74, 6) is 0.243. The van der Waals surface area contributed by atoms with Gasteiger partial charge in [0, 0.05) is 36.8 Å². The Morgan fingerprint density at radius 1 is 0.972 bits per heavy atom. The van der Waals surface area contributed by atoms with E-state index in [9.17, 15) is 9.59 Å². The maximum absolute atomic E-state index is 13.0. The molecule has 1 saturated heterocycles. The van der Waals surface area contributed by atoms with Crippen LogP contribution in [0.25, 0.3) is 11.0 Å². The van der Waals surface area contributed by atoms with E-state index >= 15 is 0 Å². The van der Waals surface area contributed by atoms with Gasteiger partial charge in [0.05, 0.1) is 5.02 Å². The summed E-state index contributed by atoms with van der Waals surface area (Å²) >= 11 is 5.88. The van der Waals surface area contributed by atoms with Gasteiger partial charge in [-0.05, 0) is 61.6 Å². The number of pyridine rings is 1. The van der Waals surface area contributed by atoms with Crippen molar-refractivity contribution < 1.29 is 14.0 Å². The summed E-state index contributed by atoms with van der Waals surface area (Å²) in [6.07, 6.45) is 4.75. The van der Waals surface area contributed by atoms with Crippen molar-refractivity contribution in [2.24, 2.45) is 5.92 Å². The number of carbonyl (C=O) groups excluding carboxylic acids is 2. The van der Waals surface area contributed by atoms with Gasteiger partial charge in [0.15, 0.2) is 0 Å². The number of amides is 2. The maximum atomic E-state index is 13.0. The van der Waals surface area contributed by atoms with Gasteiger partial charge in [0.1, 0.15) is 17.1 Å². The van der Waals surface area contributed by atoms with E-state index in [1.807, 2.05) is 24.3 Å². The topological polar surface area (TPSA) is 87.5 Å². The molecular formula is C28H27ClN4O3. The van der Waals surface area contributed by atoms with Crippen LogP contribution in [0.2, 0.25) is 5.02 Å². The van der Waals surface area contributed by atoms with E-state index in [2.05, 4.69) is 44.8 Å². The van der Waals surface area contributed by atoms with Crippen molar-refractivity contribution >= 4 is 51.6 Å². The minimum Gasteiger partial charge on any atom is -0.449 e. The SMILES string of the molecule is O=C(CCC1CCN(c2ccccc2)CC1)Nc1c(C(=O)Nc2ccc(Cl)cn2)oc2ccccc12. The van der Waals surface area contributed by atoms with E-state index in [-0.39, 0.29) is 11.7 Å². The standard InChI is InChI=1S/C28H27ClN4O3/c29-20-11-12-24(30-18-20)31-28(35)27-26(22-8-4-5-9-23(22)36-27)32-25(34)13-10-19-14-16-33(17-15-19)21-6-2-1-3-7-21/h1-9,11-12,18-19H,10,13-17H2,(H,32,34)(H,30,31,35). The number of rotatable bonds is 7. The Balaban J connectivity index is 1.22. The molecule has 3 heterocycles. The lowest BCUT2D eigenvalue weighted by Crippen LogP contribution is -2.33. The minimum atomic E-state index is -0.496. The van der Waals surface area contributed by atoms with Gasteiger partial charge < -0.3 is 20.0 Å². The van der Waals surface area contributed by atoms with Crippen LogP contribution in [0, 0.1) is 5.92 Å². The third-order valence-corrected chi connectivity index (χ3v) is 6.77. The van der Waals surface area contributed by atoms with Crippen LogP contribution < -0.4 is 15.5 Å². The molecule has 1 aliphatic rings. The van der Waals surface area contributed by atoms with Crippen molar-refractivity contribution in [1.29, 1.82) is 0 Å². The van der Waals surface area contributed by atoms with Crippen LogP contribution in [-0.4, -0.2) is 29.9 Å². The zero-order valence-corrected chi connectivity index (χ0v) is 20.5. The summed E-state index contributed by atoms with van der Waals surface area (Å²) in [4.78, 5) is 32.4. The number of hydrogen-bond donors (Lipinski definition) is 2. The van der Waals surface area contributed by atoms with E-state index in [4.69, 9.17) is 16.0 Å². The van der Waals surface area contributed by atoms with Crippen LogP contribution in [0.3, 0.4) is 0 Å². The first kappa shape index (κ1) is 23.9. The first-order chi connectivity index (χ1) is 17.6. The predicted molar refractivity (Wildman–Crippen MR) is 143 cm³/mol. The van der Waals surface area contributed by atoms with E-state index in [1.165, 1.54) is 11.9 Å². The normalized spacial score (nSPS) is 14.1. The molecule has 1 fully saturated rings. The fraction of sp³-hybridized carbons (Fsp3) is 0.250. The van der Waals surface area contributed by atoms with Gasteiger partial charge in [0.25, 0.3) is 5.91 Å². The number of carbonyl (C=O) groups is 2. The lowest BCUT2D eigenvalue weighted by molar-refractivity contribution is -0.116. The van der Waals surface area contributed by atoms with Gasteiger partial charge >= 0.3 is 0 Å². The first-order valence-electron chi connectivity index (χ1n) is 12.1. The highest BCUT2D eigenvalue weighted by Gasteiger charge is 2.24. The third kappa shape index (κ3) is 5.52. The van der Waals surface area contributed by atoms with Crippen molar-refractivity contribution in [2.45, 2.75) is 25.7 Å². The second-order valence-electron chi connectivity index (χ2n) is 8.97. The molecule has 2 N–H and O–H groups in total. The van der Waals surface area contributed by atoms with Gasteiger partial charge in [0.2, 0.25) is 11.7 Å². The van der Waals surface area contributed by atoms with Gasteiger partial charge in [-0.1, -0.05) is 41.9 Å². The summed E-state index contributed by atoms with van der Waals surface area (Å²) in [5, 5.41) is 6.79. The predicted octanol–water partition coefficient (Wildman–Crippen LogP) is 6.37. The van der Waals surface area contributed by atoms with Crippen LogP contribution in [0.15, 0.2) is 77.3 Å². The number of nitrogens with one attached hydrogen (secondary N) is 2. The molecule has 184 valence electrons. The molecule has 0 saturated carbocycles. The number of furan rings is 1. The van der Waals surface area contributed by atoms with Crippen LogP contribution in [0.1, 0.15) is 36.2 Å². The zero-order valence-electron chi connectivity index (χ0n) is 19.7. The fourth-order valence-corrected chi connectivity index (χ4v) is 4.72. The average Bonchev–Trinajstić information content (AvgIpc) is 3.28. The second kappa shape index (κ2) is 10.8. The second-order valence-corrected chi connectivity index (χ2v) is 9.41. The number of para-hydroxylation sites is 2. The number of nitrogens with zero attached hydrogens (tertiary/aromatic N) is 2. The highest BCUT2D eigenvalue weighted by Crippen LogP contribution is 2.32. The summed E-state index contributed by atoms with van der Waals surface area (Å²) in [5.41, 5.74) is 2.15. The van der Waals surface area contributed by atoms with E-state index in [1.54, 1.807) is 18.2 Å². The van der Waals surface area contributed by atoms with Crippen LogP contribution in [-0.2, 0) is 4.79 Å². The zero-order chi connectivity index (χ0) is 24.9. The molecule has 8 heteroatoms. The Labute approximate surface area is 214 Å². The molecule has 0 bridgehead atoms. The van der Waals surface area contributed by atoms with Crippen LogP contribution in [0.5, 0.6) is 0 Å². The Bertz CT molecular complexity index is 1350. The average molecular weight is 503 g/mol. The Hall–Kier alpha value is -3.84. The lowest BCUT2D eigenvalue weighted by atomic mass is 9.91. The molecule has 5 rings (SSSR count). The number of piperidine rings is 1. The molecule has 0 spiro atoms. The van der Waals surface area contributed by atoms with Gasteiger partial charge in [-0.15, -0.1) is 0 Å². The van der Waals surface area contributed by atoms with E-state index in [0.717, 1.165) is 32.4 Å². The number of hydrogen-bond acceptors (Lipinski definition) is 5. The molecule has 0 radical (unpaired) electrons. The summed E-state index contributed by atoms with van der Waals surface area (Å²) in [6.45, 7) is 1.98. The monoisotopic (exact) mass is 502 g/mol. The summed E-state index contributed by atoms with van der Waals surface area (Å²) in [7, 11) is 0. The molecule has 2 aromatic carbocycles. The Kier molecular flexibility index (Phi) is 7.18. The molecule has 2 amide bonds. The van der Waals surface area contributed by atoms with Crippen molar-refractivity contribution in [3.63, 3.8) is 0 Å². The molecule has 7 nitrogen and oxygen atoms in total. The van der Waals surface area contributed by atoms with Crippen LogP contribution >= 0.6 is 11.6 Å². The van der Waals surface area contributed by atoms with Crippen molar-refractivity contribution in [3.8, 4) is 0 Å². The minimum absolute atomic E-state index is 0.0393. The quantitative estimate of drug-likeness (QED) is 0.306. The molecular weight excluding hydrogens is 476 g/mol. The number of benzene rings is 2. The van der Waals surface area contributed by atoms with E-state index < -0.39 is 5.91 Å². The Morgan fingerprint density at radius 2 is 1.72 bits per heavy atom. The van der Waals surface area contributed by atoms with Gasteiger partial charge in [-0.3, -0.25) is 9.59 Å². The Morgan fingerprint density at radius 3 is 2.47 bits per heavy atom. The molecule has 1 aliphatic heterocycles. The molecule has 2 aromatic heterocycles. The maximum Gasteiger partial charge on any atom is 0.294 e. The fourth-order valence-electron chi connectivity index (χ4n) is 4.61. The van der Waals surface area contributed by atoms with Gasteiger partial charge in [-0.2, -0.15) is 0 Å². The molecule has 0 atom stereocenters. The smallest absolute Gasteiger partial charge is 0.294 e. The van der Waals surface area contributed by atoms with Crippen molar-refractivity contribution in [1.82, 2.24) is 4.98 Å². The molecule has 36 heavy (non-hydrogen) atoms. The summed E-state index contributed by atoms with van der Waals surface area (Å²) in [6, 6.07) is 20.9. The van der Waals surface area contributed by atoms with Crippen molar-refractivity contribution in [2.75, 3.05) is 28.6 Å². The summed E-state index contributed by atoms with van der Waals surface area (Å²) < 4.78 is 5.82.